The molecule has 0 saturated carbocycles. The first kappa shape index (κ1) is 14.8. The topological polar surface area (TPSA) is 44.9 Å². The molecule has 3 rings (SSSR count). The predicted octanol–water partition coefficient (Wildman–Crippen LogP) is 3.51. The van der Waals surface area contributed by atoms with Gasteiger partial charge in [0.1, 0.15) is 0 Å². The summed E-state index contributed by atoms with van der Waals surface area (Å²) in [5.41, 5.74) is 2.83. The first-order valence-corrected chi connectivity index (χ1v) is 7.66. The first-order valence-electron chi connectivity index (χ1n) is 7.28. The highest BCUT2D eigenvalue weighted by Gasteiger charge is 2.02. The van der Waals surface area contributed by atoms with Crippen molar-refractivity contribution in [1.82, 2.24) is 10.3 Å². The minimum atomic E-state index is -0.0299. The van der Waals surface area contributed by atoms with Crippen LogP contribution in [0.15, 0.2) is 59.4 Å². The van der Waals surface area contributed by atoms with Crippen LogP contribution in [0, 0.1) is 0 Å². The molecule has 3 nitrogen and oxygen atoms in total. The number of aromatic nitrogens is 1. The number of aromatic amines is 1. The number of para-hydroxylation sites is 1. The number of rotatable bonds is 5. The van der Waals surface area contributed by atoms with Crippen LogP contribution in [0.3, 0.4) is 0 Å². The molecule has 3 aromatic rings. The van der Waals surface area contributed by atoms with Gasteiger partial charge in [0, 0.05) is 22.6 Å². The van der Waals surface area contributed by atoms with Crippen molar-refractivity contribution in [1.29, 1.82) is 0 Å². The SMILES string of the molecule is O=c1[nH]c2ccccc2cc1CNCCc1ccc(Cl)cc1. The molecule has 0 aliphatic heterocycles. The Hall–Kier alpha value is -2.10. The third-order valence-electron chi connectivity index (χ3n) is 3.65. The maximum atomic E-state index is 12.0. The zero-order valence-electron chi connectivity index (χ0n) is 12.1. The fourth-order valence-electron chi connectivity index (χ4n) is 2.43. The van der Waals surface area contributed by atoms with Gasteiger partial charge in [-0.1, -0.05) is 41.9 Å². The second kappa shape index (κ2) is 6.77. The number of nitrogens with one attached hydrogen (secondary N) is 2. The van der Waals surface area contributed by atoms with Crippen molar-refractivity contribution >= 4 is 22.5 Å². The van der Waals surface area contributed by atoms with Gasteiger partial charge in [0.05, 0.1) is 0 Å². The Labute approximate surface area is 133 Å². The lowest BCUT2D eigenvalue weighted by molar-refractivity contribution is 0.683. The highest BCUT2D eigenvalue weighted by molar-refractivity contribution is 6.30. The fraction of sp³-hybridized carbons (Fsp3) is 0.167. The largest absolute Gasteiger partial charge is 0.322 e. The zero-order chi connectivity index (χ0) is 15.4. The van der Waals surface area contributed by atoms with Crippen molar-refractivity contribution in [2.75, 3.05) is 6.54 Å². The van der Waals surface area contributed by atoms with Gasteiger partial charge in [0.2, 0.25) is 0 Å². The highest BCUT2D eigenvalue weighted by atomic mass is 35.5. The van der Waals surface area contributed by atoms with E-state index in [4.69, 9.17) is 11.6 Å². The van der Waals surface area contributed by atoms with E-state index in [-0.39, 0.29) is 5.56 Å². The van der Waals surface area contributed by atoms with Crippen molar-refractivity contribution in [3.05, 3.63) is 81.1 Å². The maximum Gasteiger partial charge on any atom is 0.252 e. The van der Waals surface area contributed by atoms with Crippen molar-refractivity contribution in [3.8, 4) is 0 Å². The van der Waals surface area contributed by atoms with Gasteiger partial charge in [-0.2, -0.15) is 0 Å². The van der Waals surface area contributed by atoms with E-state index in [1.165, 1.54) is 5.56 Å². The summed E-state index contributed by atoms with van der Waals surface area (Å²) in [5, 5.41) is 5.12. The highest BCUT2D eigenvalue weighted by Crippen LogP contribution is 2.11. The summed E-state index contributed by atoms with van der Waals surface area (Å²) in [6, 6.07) is 17.6. The number of hydrogen-bond donors (Lipinski definition) is 2. The molecule has 0 bridgehead atoms. The third-order valence-corrected chi connectivity index (χ3v) is 3.90. The summed E-state index contributed by atoms with van der Waals surface area (Å²) in [7, 11) is 0. The van der Waals surface area contributed by atoms with Crippen LogP contribution >= 0.6 is 11.6 Å². The molecule has 0 fully saturated rings. The van der Waals surface area contributed by atoms with Crippen LogP contribution in [0.25, 0.3) is 10.9 Å². The quantitative estimate of drug-likeness (QED) is 0.708. The van der Waals surface area contributed by atoms with Gasteiger partial charge in [-0.25, -0.2) is 0 Å². The number of halogens is 1. The monoisotopic (exact) mass is 312 g/mol. The molecule has 2 aromatic carbocycles. The van der Waals surface area contributed by atoms with E-state index in [0.717, 1.165) is 34.5 Å². The lowest BCUT2D eigenvalue weighted by Gasteiger charge is -2.06. The van der Waals surface area contributed by atoms with E-state index >= 15 is 0 Å². The van der Waals surface area contributed by atoms with Gasteiger partial charge in [0.25, 0.3) is 5.56 Å². The van der Waals surface area contributed by atoms with Crippen LogP contribution in [0.2, 0.25) is 5.02 Å². The second-order valence-electron chi connectivity index (χ2n) is 5.26. The summed E-state index contributed by atoms with van der Waals surface area (Å²) in [5.74, 6) is 0. The fourth-order valence-corrected chi connectivity index (χ4v) is 2.56. The molecule has 0 atom stereocenters. The molecule has 22 heavy (non-hydrogen) atoms. The molecule has 2 N–H and O–H groups in total. The van der Waals surface area contributed by atoms with Crippen molar-refractivity contribution < 1.29 is 0 Å². The molecular formula is C18H17ClN2O. The average molecular weight is 313 g/mol. The van der Waals surface area contributed by atoms with E-state index in [0.29, 0.717) is 6.54 Å². The summed E-state index contributed by atoms with van der Waals surface area (Å²) >= 11 is 5.86. The van der Waals surface area contributed by atoms with E-state index < -0.39 is 0 Å². The molecule has 112 valence electrons. The number of hydrogen-bond acceptors (Lipinski definition) is 2. The van der Waals surface area contributed by atoms with Crippen LogP contribution in [-0.2, 0) is 13.0 Å². The molecule has 0 aliphatic rings. The van der Waals surface area contributed by atoms with Gasteiger partial charge in [-0.15, -0.1) is 0 Å². The van der Waals surface area contributed by atoms with Gasteiger partial charge < -0.3 is 10.3 Å². The molecule has 0 saturated heterocycles. The molecule has 0 unspecified atom stereocenters. The van der Waals surface area contributed by atoms with Crippen LogP contribution in [0.4, 0.5) is 0 Å². The van der Waals surface area contributed by atoms with Crippen molar-refractivity contribution in [2.24, 2.45) is 0 Å². The minimum absolute atomic E-state index is 0.0299. The Bertz CT molecular complexity index is 824. The number of H-pyrrole nitrogens is 1. The zero-order valence-corrected chi connectivity index (χ0v) is 12.9. The molecule has 0 radical (unpaired) electrons. The number of pyridine rings is 1. The Kier molecular flexibility index (Phi) is 4.56. The molecule has 0 amide bonds. The van der Waals surface area contributed by atoms with Crippen molar-refractivity contribution in [2.45, 2.75) is 13.0 Å². The standard InChI is InChI=1S/C18H17ClN2O/c19-16-7-5-13(6-8-16)9-10-20-12-15-11-14-3-1-2-4-17(14)21-18(15)22/h1-8,11,20H,9-10,12H2,(H,21,22). The Morgan fingerprint density at radius 2 is 1.82 bits per heavy atom. The molecule has 0 aliphatic carbocycles. The van der Waals surface area contributed by atoms with E-state index in [9.17, 15) is 4.79 Å². The Morgan fingerprint density at radius 1 is 1.05 bits per heavy atom. The van der Waals surface area contributed by atoms with Crippen LogP contribution in [-0.4, -0.2) is 11.5 Å². The van der Waals surface area contributed by atoms with Crippen molar-refractivity contribution in [3.63, 3.8) is 0 Å². The second-order valence-corrected chi connectivity index (χ2v) is 5.70. The lowest BCUT2D eigenvalue weighted by Crippen LogP contribution is -2.22. The minimum Gasteiger partial charge on any atom is -0.322 e. The van der Waals surface area contributed by atoms with Gasteiger partial charge in [0.15, 0.2) is 0 Å². The summed E-state index contributed by atoms with van der Waals surface area (Å²) in [4.78, 5) is 14.9. The van der Waals surface area contributed by atoms with Gasteiger partial charge >= 0.3 is 0 Å². The smallest absolute Gasteiger partial charge is 0.252 e. The summed E-state index contributed by atoms with van der Waals surface area (Å²) in [6.07, 6.45) is 0.905. The van der Waals surface area contributed by atoms with Crippen LogP contribution < -0.4 is 10.9 Å². The van der Waals surface area contributed by atoms with E-state index in [2.05, 4.69) is 10.3 Å². The van der Waals surface area contributed by atoms with Crippen LogP contribution in [0.1, 0.15) is 11.1 Å². The lowest BCUT2D eigenvalue weighted by atomic mass is 10.1. The predicted molar refractivity (Wildman–Crippen MR) is 91.4 cm³/mol. The Morgan fingerprint density at radius 3 is 2.64 bits per heavy atom. The normalized spacial score (nSPS) is 11.0. The molecular weight excluding hydrogens is 296 g/mol. The number of fused-ring (bicyclic) bond motifs is 1. The first-order chi connectivity index (χ1) is 10.7. The molecule has 1 heterocycles. The molecule has 1 aromatic heterocycles. The Balaban J connectivity index is 1.60. The van der Waals surface area contributed by atoms with E-state index in [1.807, 2.05) is 54.6 Å². The maximum absolute atomic E-state index is 12.0. The van der Waals surface area contributed by atoms with Gasteiger partial charge in [-0.3, -0.25) is 4.79 Å². The summed E-state index contributed by atoms with van der Waals surface area (Å²) in [6.45, 7) is 1.38. The number of benzene rings is 2. The average Bonchev–Trinajstić information content (AvgIpc) is 2.53. The molecule has 0 spiro atoms. The molecule has 4 heteroatoms. The van der Waals surface area contributed by atoms with E-state index in [1.54, 1.807) is 0 Å². The van der Waals surface area contributed by atoms with Gasteiger partial charge in [-0.05, 0) is 48.2 Å². The summed E-state index contributed by atoms with van der Waals surface area (Å²) < 4.78 is 0. The third kappa shape index (κ3) is 3.56. The van der Waals surface area contributed by atoms with Crippen LogP contribution in [0.5, 0.6) is 0 Å².